The van der Waals surface area contributed by atoms with Crippen molar-refractivity contribution in [2.75, 3.05) is 7.11 Å². The quantitative estimate of drug-likeness (QED) is 0.590. The average molecular weight is 363 g/mol. The predicted octanol–water partition coefficient (Wildman–Crippen LogP) is 3.28. The Morgan fingerprint density at radius 1 is 1.26 bits per heavy atom. The van der Waals surface area contributed by atoms with E-state index >= 15 is 0 Å². The summed E-state index contributed by atoms with van der Waals surface area (Å²) in [5, 5.41) is 7.50. The lowest BCUT2D eigenvalue weighted by atomic mass is 10.1. The topological polar surface area (TPSA) is 77.2 Å². The van der Waals surface area contributed by atoms with Crippen molar-refractivity contribution in [3.8, 4) is 28.3 Å². The summed E-state index contributed by atoms with van der Waals surface area (Å²) in [6.07, 6.45) is 4.66. The number of aromatic amines is 1. The number of nitrogens with one attached hydrogen (secondary N) is 1. The largest absolute Gasteiger partial charge is 0.496 e. The Hall–Kier alpha value is -3.35. The summed E-state index contributed by atoms with van der Waals surface area (Å²) in [6, 6.07) is 9.23. The van der Waals surface area contributed by atoms with E-state index in [9.17, 15) is 4.79 Å². The maximum absolute atomic E-state index is 12.7. The molecule has 0 bridgehead atoms. The van der Waals surface area contributed by atoms with Gasteiger partial charge in [0.1, 0.15) is 5.75 Å². The van der Waals surface area contributed by atoms with Gasteiger partial charge in [0, 0.05) is 35.5 Å². The fourth-order valence-electron chi connectivity index (χ4n) is 3.26. The molecule has 0 fully saturated rings. The van der Waals surface area contributed by atoms with Crippen LogP contribution in [0.4, 0.5) is 0 Å². The first kappa shape index (κ1) is 17.1. The number of ether oxygens (including phenoxy) is 1. The summed E-state index contributed by atoms with van der Waals surface area (Å²) in [6.45, 7) is 4.88. The van der Waals surface area contributed by atoms with E-state index in [2.05, 4.69) is 17.1 Å². The molecule has 0 aliphatic carbocycles. The molecule has 4 rings (SSSR count). The van der Waals surface area contributed by atoms with Gasteiger partial charge in [-0.05, 0) is 25.5 Å². The van der Waals surface area contributed by atoms with Crippen LogP contribution in [0.15, 0.2) is 47.5 Å². The molecule has 0 spiro atoms. The number of hydrogen-bond acceptors (Lipinski definition) is 4. The summed E-state index contributed by atoms with van der Waals surface area (Å²) >= 11 is 0. The third-order valence-corrected chi connectivity index (χ3v) is 4.61. The van der Waals surface area contributed by atoms with Crippen LogP contribution in [0, 0.1) is 6.92 Å². The van der Waals surface area contributed by atoms with Gasteiger partial charge in [-0.2, -0.15) is 5.10 Å². The normalized spacial score (nSPS) is 11.2. The molecule has 1 N–H and O–H groups in total. The minimum atomic E-state index is -0.164. The van der Waals surface area contributed by atoms with Crippen molar-refractivity contribution in [1.82, 2.24) is 24.4 Å². The SMILES string of the molecule is CCCn1cc(-c2cc(=O)n3[nH]c(-c4ccccc4OC)c(C)c3n2)cn1. The van der Waals surface area contributed by atoms with Crippen molar-refractivity contribution in [3.05, 3.63) is 58.6 Å². The van der Waals surface area contributed by atoms with Crippen LogP contribution in [0.3, 0.4) is 0 Å². The number of H-pyrrole nitrogens is 1. The van der Waals surface area contributed by atoms with Crippen LogP contribution < -0.4 is 10.3 Å². The number of aryl methyl sites for hydroxylation is 2. The molecule has 0 unspecified atom stereocenters. The minimum absolute atomic E-state index is 0.164. The molecule has 3 aromatic heterocycles. The highest BCUT2D eigenvalue weighted by atomic mass is 16.5. The van der Waals surface area contributed by atoms with Gasteiger partial charge in [0.2, 0.25) is 0 Å². The zero-order valence-corrected chi connectivity index (χ0v) is 15.6. The van der Waals surface area contributed by atoms with Crippen LogP contribution in [0.2, 0.25) is 0 Å². The van der Waals surface area contributed by atoms with Crippen LogP contribution in [0.25, 0.3) is 28.2 Å². The van der Waals surface area contributed by atoms with Crippen molar-refractivity contribution < 1.29 is 4.74 Å². The number of rotatable bonds is 5. The van der Waals surface area contributed by atoms with E-state index < -0.39 is 0 Å². The molecule has 0 radical (unpaired) electrons. The van der Waals surface area contributed by atoms with Crippen LogP contribution in [0.5, 0.6) is 5.75 Å². The van der Waals surface area contributed by atoms with Gasteiger partial charge >= 0.3 is 0 Å². The molecule has 27 heavy (non-hydrogen) atoms. The van der Waals surface area contributed by atoms with Gasteiger partial charge in [-0.3, -0.25) is 14.6 Å². The molecule has 7 nitrogen and oxygen atoms in total. The van der Waals surface area contributed by atoms with E-state index in [1.165, 1.54) is 10.6 Å². The van der Waals surface area contributed by atoms with Crippen molar-refractivity contribution in [2.45, 2.75) is 26.8 Å². The van der Waals surface area contributed by atoms with Gasteiger partial charge in [-0.25, -0.2) is 9.50 Å². The second-order valence-corrected chi connectivity index (χ2v) is 6.44. The molecule has 7 heteroatoms. The van der Waals surface area contributed by atoms with Crippen molar-refractivity contribution in [1.29, 1.82) is 0 Å². The first-order valence-electron chi connectivity index (χ1n) is 8.91. The molecule has 0 amide bonds. The highest BCUT2D eigenvalue weighted by Crippen LogP contribution is 2.32. The summed E-state index contributed by atoms with van der Waals surface area (Å²) in [4.78, 5) is 17.4. The number of aromatic nitrogens is 5. The number of hydrogen-bond donors (Lipinski definition) is 1. The van der Waals surface area contributed by atoms with Crippen molar-refractivity contribution >= 4 is 5.65 Å². The Bertz CT molecular complexity index is 1170. The Morgan fingerprint density at radius 2 is 2.07 bits per heavy atom. The lowest BCUT2D eigenvalue weighted by Crippen LogP contribution is -2.14. The molecule has 0 saturated heterocycles. The predicted molar refractivity (Wildman–Crippen MR) is 104 cm³/mol. The Balaban J connectivity index is 1.88. The molecule has 138 valence electrons. The van der Waals surface area contributed by atoms with E-state index in [-0.39, 0.29) is 5.56 Å². The second kappa shape index (κ2) is 6.75. The summed E-state index contributed by atoms with van der Waals surface area (Å²) in [5.74, 6) is 0.737. The maximum atomic E-state index is 12.7. The molecular formula is C20H21N5O2. The average Bonchev–Trinajstić information content (AvgIpc) is 3.27. The third kappa shape index (κ3) is 2.91. The number of para-hydroxylation sites is 1. The molecule has 3 heterocycles. The van der Waals surface area contributed by atoms with Gasteiger partial charge in [0.25, 0.3) is 5.56 Å². The lowest BCUT2D eigenvalue weighted by Gasteiger charge is -2.06. The molecule has 0 saturated carbocycles. The molecule has 0 atom stereocenters. The van der Waals surface area contributed by atoms with Gasteiger partial charge in [0.05, 0.1) is 24.7 Å². The minimum Gasteiger partial charge on any atom is -0.496 e. The van der Waals surface area contributed by atoms with Gasteiger partial charge in [0.15, 0.2) is 5.65 Å². The number of fused-ring (bicyclic) bond motifs is 1. The maximum Gasteiger partial charge on any atom is 0.273 e. The van der Waals surface area contributed by atoms with E-state index in [0.29, 0.717) is 11.3 Å². The van der Waals surface area contributed by atoms with Crippen molar-refractivity contribution in [3.63, 3.8) is 0 Å². The Labute approximate surface area is 156 Å². The third-order valence-electron chi connectivity index (χ3n) is 4.61. The van der Waals surface area contributed by atoms with E-state index in [0.717, 1.165) is 41.1 Å². The zero-order chi connectivity index (χ0) is 19.0. The lowest BCUT2D eigenvalue weighted by molar-refractivity contribution is 0.416. The summed E-state index contributed by atoms with van der Waals surface area (Å²) in [5.41, 5.74) is 4.48. The Kier molecular flexibility index (Phi) is 4.27. The van der Waals surface area contributed by atoms with E-state index in [1.54, 1.807) is 13.3 Å². The van der Waals surface area contributed by atoms with Gasteiger partial charge in [-0.15, -0.1) is 0 Å². The van der Waals surface area contributed by atoms with Crippen LogP contribution in [0.1, 0.15) is 18.9 Å². The second-order valence-electron chi connectivity index (χ2n) is 6.44. The monoisotopic (exact) mass is 363 g/mol. The molecule has 0 aliphatic rings. The van der Waals surface area contributed by atoms with Gasteiger partial charge in [-0.1, -0.05) is 19.1 Å². The molecule has 0 aliphatic heterocycles. The number of nitrogens with zero attached hydrogens (tertiary/aromatic N) is 4. The number of benzene rings is 1. The van der Waals surface area contributed by atoms with E-state index in [4.69, 9.17) is 9.72 Å². The van der Waals surface area contributed by atoms with Crippen LogP contribution in [-0.2, 0) is 6.54 Å². The van der Waals surface area contributed by atoms with Crippen LogP contribution in [-0.4, -0.2) is 31.5 Å². The summed E-state index contributed by atoms with van der Waals surface area (Å²) < 4.78 is 8.79. The summed E-state index contributed by atoms with van der Waals surface area (Å²) in [7, 11) is 1.63. The Morgan fingerprint density at radius 3 is 2.85 bits per heavy atom. The van der Waals surface area contributed by atoms with Gasteiger partial charge < -0.3 is 4.74 Å². The van der Waals surface area contributed by atoms with Crippen LogP contribution >= 0.6 is 0 Å². The number of methoxy groups -OCH3 is 1. The smallest absolute Gasteiger partial charge is 0.273 e. The fourth-order valence-corrected chi connectivity index (χ4v) is 3.26. The fraction of sp³-hybridized carbons (Fsp3) is 0.250. The first-order chi connectivity index (χ1) is 13.1. The molecular weight excluding hydrogens is 342 g/mol. The molecule has 4 aromatic rings. The highest BCUT2D eigenvalue weighted by molar-refractivity contribution is 5.75. The highest BCUT2D eigenvalue weighted by Gasteiger charge is 2.17. The van der Waals surface area contributed by atoms with Crippen molar-refractivity contribution in [2.24, 2.45) is 0 Å². The van der Waals surface area contributed by atoms with E-state index in [1.807, 2.05) is 42.1 Å². The standard InChI is InChI=1S/C20H21N5O2/c1-4-9-24-12-14(11-21-24)16-10-18(26)25-20(22-16)13(2)19(23-25)15-7-5-6-8-17(15)27-3/h5-8,10-12,23H,4,9H2,1-3H3. The molecule has 1 aromatic carbocycles. The first-order valence-corrected chi connectivity index (χ1v) is 8.91. The zero-order valence-electron chi connectivity index (χ0n) is 15.6.